The molecule has 32 heavy (non-hydrogen) atoms. The van der Waals surface area contributed by atoms with Crippen LogP contribution in [0.2, 0.25) is 5.02 Å². The number of aryl methyl sites for hydroxylation is 1. The highest BCUT2D eigenvalue weighted by Crippen LogP contribution is 2.47. The highest BCUT2D eigenvalue weighted by molar-refractivity contribution is 6.31. The maximum absolute atomic E-state index is 10.8. The van der Waals surface area contributed by atoms with Crippen LogP contribution in [0.25, 0.3) is 0 Å². The van der Waals surface area contributed by atoms with E-state index in [0.717, 1.165) is 35.3 Å². The van der Waals surface area contributed by atoms with E-state index >= 15 is 0 Å². The minimum atomic E-state index is -1.70. The first-order chi connectivity index (χ1) is 15.3. The fourth-order valence-corrected chi connectivity index (χ4v) is 5.14. The van der Waals surface area contributed by atoms with Crippen LogP contribution >= 0.6 is 11.6 Å². The monoisotopic (exact) mass is 462 g/mol. The predicted octanol–water partition coefficient (Wildman–Crippen LogP) is 1.80. The quantitative estimate of drug-likeness (QED) is 0.550. The number of fused-ring (bicyclic) bond motifs is 3. The molecule has 1 spiro atoms. The lowest BCUT2D eigenvalue weighted by atomic mass is 9.85. The van der Waals surface area contributed by atoms with E-state index in [0.29, 0.717) is 23.6 Å². The van der Waals surface area contributed by atoms with Gasteiger partial charge in [-0.3, -0.25) is 0 Å². The van der Waals surface area contributed by atoms with Crippen molar-refractivity contribution in [1.29, 1.82) is 0 Å². The van der Waals surface area contributed by atoms with E-state index in [1.165, 1.54) is 12.5 Å². The standard InChI is InChI=1S/C24H27ClO7/c1-12(26)22-20(27)21(28)23(29)24(32-22)17-9-15(18(25)10-16(17)11-31-24)7-13-4-5-14-3-2-6-30-19(14)8-13/h4-5,8-10,12,20-23,26-29H,2-3,6-7,11H2,1H3/t12-,20+,21+,22-,23-,24+/m1/s1. The Morgan fingerprint density at radius 3 is 2.72 bits per heavy atom. The third kappa shape index (κ3) is 3.53. The van der Waals surface area contributed by atoms with Crippen LogP contribution in [0.5, 0.6) is 5.75 Å². The average Bonchev–Trinajstić information content (AvgIpc) is 3.13. The largest absolute Gasteiger partial charge is 0.493 e. The molecule has 5 rings (SSSR count). The minimum absolute atomic E-state index is 0.119. The molecule has 2 aromatic rings. The molecule has 3 aliphatic rings. The molecular weight excluding hydrogens is 436 g/mol. The summed E-state index contributed by atoms with van der Waals surface area (Å²) in [6.45, 7) is 2.28. The molecule has 1 saturated heterocycles. The van der Waals surface area contributed by atoms with E-state index in [4.69, 9.17) is 25.8 Å². The van der Waals surface area contributed by atoms with Crippen LogP contribution in [0.4, 0.5) is 0 Å². The summed E-state index contributed by atoms with van der Waals surface area (Å²) in [5.74, 6) is -0.803. The number of rotatable bonds is 3. The number of aliphatic hydroxyl groups is 4. The smallest absolute Gasteiger partial charge is 0.225 e. The lowest BCUT2D eigenvalue weighted by Gasteiger charge is -2.47. The van der Waals surface area contributed by atoms with E-state index in [-0.39, 0.29) is 6.61 Å². The highest BCUT2D eigenvalue weighted by atomic mass is 35.5. The summed E-state index contributed by atoms with van der Waals surface area (Å²) >= 11 is 6.58. The Labute approximate surface area is 191 Å². The van der Waals surface area contributed by atoms with Gasteiger partial charge in [-0.15, -0.1) is 0 Å². The second-order valence-corrected chi connectivity index (χ2v) is 9.28. The SMILES string of the molecule is C[C@@H](O)[C@H]1O[C@]2(OCc3cc(Cl)c(Cc4ccc5c(c4)OCCC5)cc32)[C@H](O)[C@@H](O)[C@@H]1O. The van der Waals surface area contributed by atoms with Crippen molar-refractivity contribution in [2.24, 2.45) is 0 Å². The van der Waals surface area contributed by atoms with Crippen molar-refractivity contribution in [3.8, 4) is 5.75 Å². The summed E-state index contributed by atoms with van der Waals surface area (Å²) in [6, 6.07) is 9.76. The van der Waals surface area contributed by atoms with Gasteiger partial charge in [0.1, 0.15) is 30.2 Å². The number of ether oxygens (including phenoxy) is 3. The van der Waals surface area contributed by atoms with Crippen LogP contribution in [-0.4, -0.2) is 57.6 Å². The molecule has 0 bridgehead atoms. The van der Waals surface area contributed by atoms with E-state index in [1.807, 2.05) is 12.1 Å². The molecule has 3 heterocycles. The van der Waals surface area contributed by atoms with Gasteiger partial charge in [-0.2, -0.15) is 0 Å². The average molecular weight is 463 g/mol. The third-order valence-electron chi connectivity index (χ3n) is 6.65. The van der Waals surface area contributed by atoms with Crippen molar-refractivity contribution in [3.63, 3.8) is 0 Å². The maximum Gasteiger partial charge on any atom is 0.225 e. The number of halogens is 1. The molecule has 6 atom stereocenters. The van der Waals surface area contributed by atoms with Gasteiger partial charge in [0.2, 0.25) is 5.79 Å². The lowest BCUT2D eigenvalue weighted by molar-refractivity contribution is -0.374. The highest BCUT2D eigenvalue weighted by Gasteiger charge is 2.59. The molecule has 0 aliphatic carbocycles. The zero-order valence-electron chi connectivity index (χ0n) is 17.7. The Bertz CT molecular complexity index is 1030. The Kier molecular flexibility index (Phi) is 5.70. The minimum Gasteiger partial charge on any atom is -0.493 e. The first-order valence-corrected chi connectivity index (χ1v) is 11.3. The van der Waals surface area contributed by atoms with E-state index in [1.54, 1.807) is 6.07 Å². The van der Waals surface area contributed by atoms with Gasteiger partial charge in [-0.05, 0) is 66.6 Å². The first kappa shape index (κ1) is 22.1. The summed E-state index contributed by atoms with van der Waals surface area (Å²) < 4.78 is 17.6. The van der Waals surface area contributed by atoms with E-state index in [2.05, 4.69) is 12.1 Å². The second-order valence-electron chi connectivity index (χ2n) is 8.88. The molecule has 0 unspecified atom stereocenters. The Morgan fingerprint density at radius 1 is 1.12 bits per heavy atom. The van der Waals surface area contributed by atoms with Gasteiger partial charge in [-0.1, -0.05) is 23.7 Å². The Hall–Kier alpha value is -1.71. The zero-order chi connectivity index (χ0) is 22.6. The molecule has 0 saturated carbocycles. The molecule has 4 N–H and O–H groups in total. The van der Waals surface area contributed by atoms with Crippen molar-refractivity contribution in [1.82, 2.24) is 0 Å². The van der Waals surface area contributed by atoms with Crippen molar-refractivity contribution in [2.75, 3.05) is 6.61 Å². The summed E-state index contributed by atoms with van der Waals surface area (Å²) in [7, 11) is 0. The molecular formula is C24H27ClO7. The van der Waals surface area contributed by atoms with Crippen molar-refractivity contribution < 1.29 is 34.6 Å². The second kappa shape index (κ2) is 8.25. The van der Waals surface area contributed by atoms with Gasteiger partial charge in [0.05, 0.1) is 19.3 Å². The van der Waals surface area contributed by atoms with Crippen LogP contribution in [0, 0.1) is 0 Å². The van der Waals surface area contributed by atoms with Gasteiger partial charge < -0.3 is 34.6 Å². The number of hydrogen-bond acceptors (Lipinski definition) is 7. The predicted molar refractivity (Wildman–Crippen MR) is 116 cm³/mol. The van der Waals surface area contributed by atoms with E-state index < -0.39 is 36.3 Å². The van der Waals surface area contributed by atoms with Gasteiger partial charge in [0, 0.05) is 10.6 Å². The number of hydrogen-bond donors (Lipinski definition) is 4. The fourth-order valence-electron chi connectivity index (χ4n) is 4.89. The van der Waals surface area contributed by atoms with Gasteiger partial charge in [0.15, 0.2) is 0 Å². The topological polar surface area (TPSA) is 109 Å². The summed E-state index contributed by atoms with van der Waals surface area (Å²) in [4.78, 5) is 0. The molecule has 3 aliphatic heterocycles. The fraction of sp³-hybridized carbons (Fsp3) is 0.500. The molecule has 2 aromatic carbocycles. The molecule has 7 nitrogen and oxygen atoms in total. The van der Waals surface area contributed by atoms with Gasteiger partial charge in [-0.25, -0.2) is 0 Å². The maximum atomic E-state index is 10.8. The molecule has 0 amide bonds. The van der Waals surface area contributed by atoms with Gasteiger partial charge in [0.25, 0.3) is 0 Å². The lowest BCUT2D eigenvalue weighted by Crippen LogP contribution is -2.64. The third-order valence-corrected chi connectivity index (χ3v) is 7.00. The molecule has 1 fully saturated rings. The van der Waals surface area contributed by atoms with Crippen molar-refractivity contribution in [2.45, 2.75) is 69.1 Å². The molecule has 8 heteroatoms. The van der Waals surface area contributed by atoms with Crippen LogP contribution in [0.1, 0.15) is 41.2 Å². The van der Waals surface area contributed by atoms with Crippen LogP contribution < -0.4 is 4.74 Å². The zero-order valence-corrected chi connectivity index (χ0v) is 18.5. The first-order valence-electron chi connectivity index (χ1n) is 10.9. The van der Waals surface area contributed by atoms with E-state index in [9.17, 15) is 20.4 Å². The molecule has 172 valence electrons. The number of benzene rings is 2. The van der Waals surface area contributed by atoms with Gasteiger partial charge >= 0.3 is 0 Å². The van der Waals surface area contributed by atoms with Crippen LogP contribution in [-0.2, 0) is 34.7 Å². The van der Waals surface area contributed by atoms with Crippen molar-refractivity contribution >= 4 is 11.6 Å². The molecule has 0 radical (unpaired) electrons. The molecule has 0 aromatic heterocycles. The Balaban J connectivity index is 1.51. The summed E-state index contributed by atoms with van der Waals surface area (Å²) in [5, 5.41) is 42.2. The van der Waals surface area contributed by atoms with Crippen LogP contribution in [0.3, 0.4) is 0 Å². The normalized spacial score (nSPS) is 32.3. The Morgan fingerprint density at radius 2 is 1.94 bits per heavy atom. The van der Waals surface area contributed by atoms with Crippen LogP contribution in [0.15, 0.2) is 30.3 Å². The number of aliphatic hydroxyl groups excluding tert-OH is 4. The summed E-state index contributed by atoms with van der Waals surface area (Å²) in [6.07, 6.45) is -4.21. The summed E-state index contributed by atoms with van der Waals surface area (Å²) in [5.41, 5.74) is 4.29. The van der Waals surface area contributed by atoms with Crippen molar-refractivity contribution in [3.05, 3.63) is 63.2 Å².